The lowest BCUT2D eigenvalue weighted by Crippen LogP contribution is -2.45. The molecule has 1 aliphatic carbocycles. The minimum absolute atomic E-state index is 0.112. The van der Waals surface area contributed by atoms with Crippen LogP contribution in [0, 0.1) is 6.92 Å². The number of hydrogen-bond acceptors (Lipinski definition) is 5. The molecule has 2 N–H and O–H groups in total. The number of anilines is 1. The molecule has 0 atom stereocenters. The molecule has 3 heterocycles. The molecule has 1 amide bonds. The number of piperidine rings is 1. The van der Waals surface area contributed by atoms with Crippen LogP contribution in [0.15, 0.2) is 18.5 Å². The summed E-state index contributed by atoms with van der Waals surface area (Å²) >= 11 is 0. The lowest BCUT2D eigenvalue weighted by atomic mass is 9.93. The van der Waals surface area contributed by atoms with E-state index in [-0.39, 0.29) is 17.7 Å². The molecule has 4 rings (SSSR count). The second-order valence-corrected chi connectivity index (χ2v) is 7.04. The zero-order chi connectivity index (χ0) is 18.1. The number of Topliss-reactive ketones (excluding diaryl/α,β-unsaturated/α-hetero) is 1. The number of nitrogens with zero attached hydrogens (tertiary/aromatic N) is 3. The number of ketones is 1. The lowest BCUT2D eigenvalue weighted by molar-refractivity contribution is 0.0925. The molecule has 0 bridgehead atoms. The summed E-state index contributed by atoms with van der Waals surface area (Å²) in [4.78, 5) is 38.7. The van der Waals surface area contributed by atoms with E-state index in [1.807, 2.05) is 6.92 Å². The molecular formula is C19H23N5O2. The number of fused-ring (bicyclic) bond motifs is 1. The van der Waals surface area contributed by atoms with Crippen LogP contribution in [0.4, 0.5) is 5.95 Å². The van der Waals surface area contributed by atoms with Crippen LogP contribution >= 0.6 is 0 Å². The number of carbonyl (C=O) groups excluding carboxylic acids is 2. The molecule has 136 valence electrons. The highest BCUT2D eigenvalue weighted by Gasteiger charge is 2.28. The van der Waals surface area contributed by atoms with Crippen LogP contribution in [-0.2, 0) is 6.42 Å². The summed E-state index contributed by atoms with van der Waals surface area (Å²) in [7, 11) is 0. The van der Waals surface area contributed by atoms with E-state index in [9.17, 15) is 9.59 Å². The summed E-state index contributed by atoms with van der Waals surface area (Å²) < 4.78 is 0. The van der Waals surface area contributed by atoms with Gasteiger partial charge < -0.3 is 15.2 Å². The van der Waals surface area contributed by atoms with E-state index in [1.54, 1.807) is 18.5 Å². The van der Waals surface area contributed by atoms with Crippen molar-refractivity contribution in [3.63, 3.8) is 0 Å². The van der Waals surface area contributed by atoms with Crippen LogP contribution in [0.5, 0.6) is 0 Å². The van der Waals surface area contributed by atoms with Crippen LogP contribution in [0.25, 0.3) is 0 Å². The Morgan fingerprint density at radius 3 is 2.65 bits per heavy atom. The Morgan fingerprint density at radius 1 is 1.23 bits per heavy atom. The predicted molar refractivity (Wildman–Crippen MR) is 97.5 cm³/mol. The number of aromatic nitrogens is 3. The first-order chi connectivity index (χ1) is 12.6. The van der Waals surface area contributed by atoms with E-state index in [4.69, 9.17) is 0 Å². The van der Waals surface area contributed by atoms with Gasteiger partial charge in [-0.15, -0.1) is 0 Å². The zero-order valence-corrected chi connectivity index (χ0v) is 14.9. The average molecular weight is 353 g/mol. The molecule has 7 heteroatoms. The van der Waals surface area contributed by atoms with Gasteiger partial charge in [-0.2, -0.15) is 0 Å². The Hall–Kier alpha value is -2.70. The standard InChI is InChI=1S/C19H23N5O2/c1-12-16-14(4-2-5-15(16)25)23-17(12)18(26)22-13-6-10-24(11-7-13)19-20-8-3-9-21-19/h3,8-9,13,23H,2,4-7,10-11H2,1H3,(H,22,26). The summed E-state index contributed by atoms with van der Waals surface area (Å²) in [6.45, 7) is 3.49. The van der Waals surface area contributed by atoms with Crippen LogP contribution < -0.4 is 10.2 Å². The van der Waals surface area contributed by atoms with Crippen LogP contribution in [0.3, 0.4) is 0 Å². The summed E-state index contributed by atoms with van der Waals surface area (Å²) in [6.07, 6.45) is 7.45. The van der Waals surface area contributed by atoms with Crippen molar-refractivity contribution in [3.8, 4) is 0 Å². The highest BCUT2D eigenvalue weighted by Crippen LogP contribution is 2.26. The summed E-state index contributed by atoms with van der Waals surface area (Å²) in [5.41, 5.74) is 2.98. The van der Waals surface area contributed by atoms with Crippen molar-refractivity contribution >= 4 is 17.6 Å². The van der Waals surface area contributed by atoms with E-state index >= 15 is 0 Å². The largest absolute Gasteiger partial charge is 0.354 e. The van der Waals surface area contributed by atoms with E-state index in [0.29, 0.717) is 12.1 Å². The Labute approximate surface area is 152 Å². The van der Waals surface area contributed by atoms with Crippen molar-refractivity contribution in [1.29, 1.82) is 0 Å². The van der Waals surface area contributed by atoms with Gasteiger partial charge >= 0.3 is 0 Å². The molecule has 1 saturated heterocycles. The van der Waals surface area contributed by atoms with Crippen LogP contribution in [0.2, 0.25) is 0 Å². The molecule has 0 saturated carbocycles. The molecule has 0 unspecified atom stereocenters. The number of rotatable bonds is 3. The van der Waals surface area contributed by atoms with Gasteiger partial charge in [0, 0.05) is 49.2 Å². The van der Waals surface area contributed by atoms with Crippen molar-refractivity contribution in [3.05, 3.63) is 41.0 Å². The molecule has 2 aromatic heterocycles. The minimum atomic E-state index is -0.112. The van der Waals surface area contributed by atoms with Crippen molar-refractivity contribution in [1.82, 2.24) is 20.3 Å². The molecule has 1 aliphatic heterocycles. The zero-order valence-electron chi connectivity index (χ0n) is 14.9. The van der Waals surface area contributed by atoms with Gasteiger partial charge in [-0.1, -0.05) is 0 Å². The number of aromatic amines is 1. The number of aryl methyl sites for hydroxylation is 1. The molecule has 0 radical (unpaired) electrons. The summed E-state index contributed by atoms with van der Waals surface area (Å²) in [6, 6.07) is 1.93. The number of amides is 1. The Morgan fingerprint density at radius 2 is 1.96 bits per heavy atom. The van der Waals surface area contributed by atoms with Gasteiger partial charge in [-0.3, -0.25) is 9.59 Å². The molecule has 2 aromatic rings. The third-order valence-corrected chi connectivity index (χ3v) is 5.33. The van der Waals surface area contributed by atoms with Crippen molar-refractivity contribution in [2.75, 3.05) is 18.0 Å². The van der Waals surface area contributed by atoms with Crippen molar-refractivity contribution in [2.45, 2.75) is 45.1 Å². The average Bonchev–Trinajstić information content (AvgIpc) is 3.01. The fourth-order valence-electron chi connectivity index (χ4n) is 3.94. The quantitative estimate of drug-likeness (QED) is 0.881. The molecule has 2 aliphatic rings. The first-order valence-electron chi connectivity index (χ1n) is 9.21. The number of nitrogens with one attached hydrogen (secondary N) is 2. The van der Waals surface area contributed by atoms with Gasteiger partial charge in [-0.05, 0) is 44.2 Å². The topological polar surface area (TPSA) is 91.0 Å². The second kappa shape index (κ2) is 6.90. The second-order valence-electron chi connectivity index (χ2n) is 7.04. The molecule has 7 nitrogen and oxygen atoms in total. The van der Waals surface area contributed by atoms with Crippen LogP contribution in [-0.4, -0.2) is 45.8 Å². The molecular weight excluding hydrogens is 330 g/mol. The van der Waals surface area contributed by atoms with Gasteiger partial charge in [0.05, 0.1) is 0 Å². The number of H-pyrrole nitrogens is 1. The maximum atomic E-state index is 12.7. The van der Waals surface area contributed by atoms with E-state index < -0.39 is 0 Å². The van der Waals surface area contributed by atoms with Gasteiger partial charge in [0.1, 0.15) is 5.69 Å². The molecule has 1 fully saturated rings. The predicted octanol–water partition coefficient (Wildman–Crippen LogP) is 2.03. The number of carbonyl (C=O) groups is 2. The highest BCUT2D eigenvalue weighted by molar-refractivity contribution is 6.04. The first-order valence-corrected chi connectivity index (χ1v) is 9.21. The number of hydrogen-bond donors (Lipinski definition) is 2. The minimum Gasteiger partial charge on any atom is -0.354 e. The highest BCUT2D eigenvalue weighted by atomic mass is 16.2. The SMILES string of the molecule is Cc1c(C(=O)NC2CCN(c3ncccn3)CC2)[nH]c2c1C(=O)CCC2. The van der Waals surface area contributed by atoms with Crippen molar-refractivity contribution < 1.29 is 9.59 Å². The Bertz CT molecular complexity index is 822. The van der Waals surface area contributed by atoms with Crippen LogP contribution in [0.1, 0.15) is 57.8 Å². The Kier molecular flexibility index (Phi) is 4.44. The fraction of sp³-hybridized carbons (Fsp3) is 0.474. The monoisotopic (exact) mass is 353 g/mol. The van der Waals surface area contributed by atoms with E-state index in [0.717, 1.165) is 61.5 Å². The summed E-state index contributed by atoms with van der Waals surface area (Å²) in [5, 5.41) is 3.12. The molecule has 0 aromatic carbocycles. The van der Waals surface area contributed by atoms with Crippen molar-refractivity contribution in [2.24, 2.45) is 0 Å². The maximum absolute atomic E-state index is 12.7. The third-order valence-electron chi connectivity index (χ3n) is 5.33. The Balaban J connectivity index is 1.40. The van der Waals surface area contributed by atoms with E-state index in [1.165, 1.54) is 0 Å². The maximum Gasteiger partial charge on any atom is 0.268 e. The fourth-order valence-corrected chi connectivity index (χ4v) is 3.94. The lowest BCUT2D eigenvalue weighted by Gasteiger charge is -2.32. The molecule has 26 heavy (non-hydrogen) atoms. The van der Waals surface area contributed by atoms with Gasteiger partial charge in [0.25, 0.3) is 5.91 Å². The first kappa shape index (κ1) is 16.8. The summed E-state index contributed by atoms with van der Waals surface area (Å²) in [5.74, 6) is 0.776. The smallest absolute Gasteiger partial charge is 0.268 e. The van der Waals surface area contributed by atoms with E-state index in [2.05, 4.69) is 25.2 Å². The normalized spacial score (nSPS) is 17.9. The van der Waals surface area contributed by atoms with Gasteiger partial charge in [0.2, 0.25) is 5.95 Å². The molecule has 0 spiro atoms. The van der Waals surface area contributed by atoms with Gasteiger partial charge in [0.15, 0.2) is 5.78 Å². The van der Waals surface area contributed by atoms with Gasteiger partial charge in [-0.25, -0.2) is 9.97 Å². The third kappa shape index (κ3) is 3.09.